The molecule has 0 atom stereocenters. The van der Waals surface area contributed by atoms with Gasteiger partial charge in [-0.05, 0) is 60.7 Å². The number of aryl methyl sites for hydroxylation is 1. The van der Waals surface area contributed by atoms with Gasteiger partial charge in [-0.2, -0.15) is 8.42 Å². The van der Waals surface area contributed by atoms with Gasteiger partial charge in [0.05, 0.1) is 16.2 Å². The number of ether oxygens (including phenoxy) is 1. The molecule has 0 fully saturated rings. The van der Waals surface area contributed by atoms with Crippen LogP contribution in [0.4, 0.5) is 0 Å². The van der Waals surface area contributed by atoms with Crippen molar-refractivity contribution in [3.05, 3.63) is 51.1 Å². The third-order valence-corrected chi connectivity index (χ3v) is 5.23. The van der Waals surface area contributed by atoms with Crippen LogP contribution in [0.3, 0.4) is 0 Å². The number of hydrogen-bond donors (Lipinski definition) is 0. The maximum atomic E-state index is 12.4. The van der Waals surface area contributed by atoms with Gasteiger partial charge in [0.25, 0.3) is 0 Å². The van der Waals surface area contributed by atoms with Crippen LogP contribution in [0.5, 0.6) is 11.5 Å². The van der Waals surface area contributed by atoms with Crippen LogP contribution in [0.15, 0.2) is 41.3 Å². The summed E-state index contributed by atoms with van der Waals surface area (Å²) in [5.74, 6) is 0.160. The van der Waals surface area contributed by atoms with Crippen molar-refractivity contribution in [3.63, 3.8) is 0 Å². The summed E-state index contributed by atoms with van der Waals surface area (Å²) in [6.07, 6.45) is 0. The highest BCUT2D eigenvalue weighted by Gasteiger charge is 2.21. The second kappa shape index (κ2) is 6.88. The summed E-state index contributed by atoms with van der Waals surface area (Å²) in [4.78, 5) is 11.8. The van der Waals surface area contributed by atoms with E-state index in [-0.39, 0.29) is 22.0 Å². The number of halogens is 1. The molecule has 2 aromatic carbocycles. The summed E-state index contributed by atoms with van der Waals surface area (Å²) < 4.78 is 35.8. The van der Waals surface area contributed by atoms with Crippen molar-refractivity contribution < 1.29 is 22.1 Å². The highest BCUT2D eigenvalue weighted by Crippen LogP contribution is 2.32. The van der Waals surface area contributed by atoms with Crippen molar-refractivity contribution in [2.45, 2.75) is 18.7 Å². The molecule has 0 heterocycles. The molecular formula is C16H15IO5S. The maximum absolute atomic E-state index is 12.4. The summed E-state index contributed by atoms with van der Waals surface area (Å²) in [5.41, 5.74) is 1.09. The van der Waals surface area contributed by atoms with Crippen molar-refractivity contribution >= 4 is 38.5 Å². The van der Waals surface area contributed by atoms with Crippen LogP contribution in [-0.2, 0) is 10.1 Å². The normalized spacial score (nSPS) is 11.1. The van der Waals surface area contributed by atoms with Crippen LogP contribution in [0, 0.1) is 10.5 Å². The van der Waals surface area contributed by atoms with Gasteiger partial charge in [0, 0.05) is 0 Å². The predicted molar refractivity (Wildman–Crippen MR) is 94.7 cm³/mol. The van der Waals surface area contributed by atoms with E-state index in [4.69, 9.17) is 8.92 Å². The molecule has 23 heavy (non-hydrogen) atoms. The van der Waals surface area contributed by atoms with Crippen LogP contribution in [0.1, 0.15) is 22.8 Å². The second-order valence-electron chi connectivity index (χ2n) is 4.89. The topological polar surface area (TPSA) is 69.7 Å². The number of benzene rings is 2. The first-order chi connectivity index (χ1) is 10.7. The number of hydrogen-bond acceptors (Lipinski definition) is 5. The third kappa shape index (κ3) is 4.03. The molecule has 0 unspecified atom stereocenters. The fraction of sp³-hybridized carbons (Fsp3) is 0.188. The summed E-state index contributed by atoms with van der Waals surface area (Å²) in [6.45, 7) is 3.20. The van der Waals surface area contributed by atoms with Crippen molar-refractivity contribution in [2.24, 2.45) is 0 Å². The van der Waals surface area contributed by atoms with Crippen LogP contribution in [0.2, 0.25) is 0 Å². The number of carbonyl (C=O) groups excluding carboxylic acids is 1. The number of methoxy groups -OCH3 is 1. The number of Topliss-reactive ketones (excluding diaryl/α,β-unsaturated/α-hetero) is 1. The molecule has 0 amide bonds. The van der Waals surface area contributed by atoms with E-state index < -0.39 is 10.1 Å². The minimum absolute atomic E-state index is 0.0109. The molecule has 2 rings (SSSR count). The Morgan fingerprint density at radius 1 is 1.09 bits per heavy atom. The zero-order chi connectivity index (χ0) is 17.2. The van der Waals surface area contributed by atoms with Crippen molar-refractivity contribution in [3.8, 4) is 11.5 Å². The lowest BCUT2D eigenvalue weighted by Gasteiger charge is -2.13. The van der Waals surface area contributed by atoms with Gasteiger partial charge in [-0.3, -0.25) is 4.79 Å². The molecule has 0 aliphatic carbocycles. The highest BCUT2D eigenvalue weighted by atomic mass is 127. The van der Waals surface area contributed by atoms with Gasteiger partial charge < -0.3 is 8.92 Å². The maximum Gasteiger partial charge on any atom is 0.339 e. The molecule has 0 N–H and O–H groups in total. The summed E-state index contributed by atoms with van der Waals surface area (Å²) >= 11 is 1.99. The first kappa shape index (κ1) is 17.7. The summed E-state index contributed by atoms with van der Waals surface area (Å²) in [7, 11) is -2.54. The Morgan fingerprint density at radius 2 is 1.70 bits per heavy atom. The standard InChI is InChI=1S/C16H15IO5S/c1-10-4-6-12(7-5-10)23(19,20)22-15-9-14(17)16(21-3)8-13(15)11(2)18/h4-9H,1-3H3. The number of rotatable bonds is 5. The lowest BCUT2D eigenvalue weighted by Crippen LogP contribution is -2.12. The monoisotopic (exact) mass is 446 g/mol. The molecule has 2 aromatic rings. The fourth-order valence-corrected chi connectivity index (χ4v) is 3.51. The molecule has 5 nitrogen and oxygen atoms in total. The van der Waals surface area contributed by atoms with Crippen LogP contribution >= 0.6 is 22.6 Å². The molecule has 0 bridgehead atoms. The third-order valence-electron chi connectivity index (χ3n) is 3.14. The Balaban J connectivity index is 2.48. The molecule has 0 saturated heterocycles. The molecule has 0 saturated carbocycles. The van der Waals surface area contributed by atoms with Crippen LogP contribution in [0.25, 0.3) is 0 Å². The Labute approximate surface area is 148 Å². The van der Waals surface area contributed by atoms with Gasteiger partial charge in [-0.15, -0.1) is 0 Å². The van der Waals surface area contributed by atoms with Gasteiger partial charge in [0.1, 0.15) is 10.6 Å². The van der Waals surface area contributed by atoms with E-state index in [2.05, 4.69) is 0 Å². The first-order valence-electron chi connectivity index (χ1n) is 6.64. The average Bonchev–Trinajstić information content (AvgIpc) is 2.47. The van der Waals surface area contributed by atoms with E-state index in [0.29, 0.717) is 9.32 Å². The molecule has 0 spiro atoms. The minimum atomic E-state index is -4.02. The zero-order valence-electron chi connectivity index (χ0n) is 12.8. The first-order valence-corrected chi connectivity index (χ1v) is 9.13. The lowest BCUT2D eigenvalue weighted by molar-refractivity contribution is 0.101. The van der Waals surface area contributed by atoms with E-state index in [1.54, 1.807) is 12.1 Å². The molecule has 7 heteroatoms. The summed E-state index contributed by atoms with van der Waals surface area (Å²) in [6, 6.07) is 9.24. The smallest absolute Gasteiger partial charge is 0.339 e. The Morgan fingerprint density at radius 3 is 2.22 bits per heavy atom. The molecule has 0 aromatic heterocycles. The number of carbonyl (C=O) groups is 1. The van der Waals surface area contributed by atoms with E-state index in [1.165, 1.54) is 38.3 Å². The summed E-state index contributed by atoms with van der Waals surface area (Å²) in [5, 5.41) is 0. The predicted octanol–water partition coefficient (Wildman–Crippen LogP) is 3.58. The van der Waals surface area contributed by atoms with Crippen molar-refractivity contribution in [1.29, 1.82) is 0 Å². The van der Waals surface area contributed by atoms with Gasteiger partial charge >= 0.3 is 10.1 Å². The van der Waals surface area contributed by atoms with Crippen molar-refractivity contribution in [1.82, 2.24) is 0 Å². The quantitative estimate of drug-likeness (QED) is 0.399. The molecule has 0 aliphatic heterocycles. The average molecular weight is 446 g/mol. The van der Waals surface area contributed by atoms with Crippen molar-refractivity contribution in [2.75, 3.05) is 7.11 Å². The Bertz CT molecular complexity index is 842. The second-order valence-corrected chi connectivity index (χ2v) is 7.60. The molecular weight excluding hydrogens is 431 g/mol. The number of ketones is 1. The van der Waals surface area contributed by atoms with Gasteiger partial charge in [0.15, 0.2) is 11.5 Å². The van der Waals surface area contributed by atoms with Gasteiger partial charge in [0.2, 0.25) is 0 Å². The van der Waals surface area contributed by atoms with E-state index in [9.17, 15) is 13.2 Å². The molecule has 0 radical (unpaired) electrons. The van der Waals surface area contributed by atoms with E-state index >= 15 is 0 Å². The zero-order valence-corrected chi connectivity index (χ0v) is 15.8. The fourth-order valence-electron chi connectivity index (χ4n) is 1.91. The van der Waals surface area contributed by atoms with Crippen LogP contribution in [-0.4, -0.2) is 21.3 Å². The Kier molecular flexibility index (Phi) is 5.30. The molecule has 122 valence electrons. The lowest BCUT2D eigenvalue weighted by atomic mass is 10.1. The SMILES string of the molecule is COc1cc(C(C)=O)c(OS(=O)(=O)c2ccc(C)cc2)cc1I. The Hall–Kier alpha value is -1.61. The highest BCUT2D eigenvalue weighted by molar-refractivity contribution is 14.1. The minimum Gasteiger partial charge on any atom is -0.496 e. The van der Waals surface area contributed by atoms with Gasteiger partial charge in [-0.1, -0.05) is 17.7 Å². The van der Waals surface area contributed by atoms with E-state index in [1.807, 2.05) is 29.5 Å². The molecule has 0 aliphatic rings. The van der Waals surface area contributed by atoms with Crippen LogP contribution < -0.4 is 8.92 Å². The van der Waals surface area contributed by atoms with E-state index in [0.717, 1.165) is 5.56 Å². The van der Waals surface area contributed by atoms with Gasteiger partial charge in [-0.25, -0.2) is 0 Å². The largest absolute Gasteiger partial charge is 0.496 e.